The van der Waals surface area contributed by atoms with Crippen molar-refractivity contribution in [1.82, 2.24) is 10.3 Å². The Morgan fingerprint density at radius 2 is 2.15 bits per heavy atom. The minimum absolute atomic E-state index is 0.114. The van der Waals surface area contributed by atoms with E-state index in [1.165, 1.54) is 11.3 Å². The quantitative estimate of drug-likeness (QED) is 0.630. The van der Waals surface area contributed by atoms with Gasteiger partial charge in [0, 0.05) is 11.4 Å². The lowest BCUT2D eigenvalue weighted by molar-refractivity contribution is -0.120. The maximum atomic E-state index is 12.0. The second kappa shape index (κ2) is 8.39. The van der Waals surface area contributed by atoms with Crippen molar-refractivity contribution in [3.8, 4) is 11.5 Å². The molecule has 7 nitrogen and oxygen atoms in total. The Balaban J connectivity index is 1.60. The van der Waals surface area contributed by atoms with Gasteiger partial charge in [0.15, 0.2) is 5.13 Å². The second-order valence-electron chi connectivity index (χ2n) is 5.37. The van der Waals surface area contributed by atoms with Gasteiger partial charge in [-0.25, -0.2) is 4.98 Å². The summed E-state index contributed by atoms with van der Waals surface area (Å²) >= 11 is 1.42. The lowest BCUT2D eigenvalue weighted by Crippen LogP contribution is -2.24. The van der Waals surface area contributed by atoms with Gasteiger partial charge in [0.1, 0.15) is 17.3 Å². The molecule has 1 aromatic carbocycles. The molecule has 0 unspecified atom stereocenters. The summed E-state index contributed by atoms with van der Waals surface area (Å²) in [7, 11) is 3.21. The van der Waals surface area contributed by atoms with E-state index in [-0.39, 0.29) is 12.3 Å². The molecule has 8 heteroatoms. The summed E-state index contributed by atoms with van der Waals surface area (Å²) in [6.45, 7) is 0.363. The number of furan rings is 1. The summed E-state index contributed by atoms with van der Waals surface area (Å²) in [4.78, 5) is 16.5. The van der Waals surface area contributed by atoms with E-state index in [0.717, 1.165) is 5.69 Å². The van der Waals surface area contributed by atoms with Crippen LogP contribution in [-0.2, 0) is 17.8 Å². The number of hydrogen-bond acceptors (Lipinski definition) is 7. The van der Waals surface area contributed by atoms with E-state index in [4.69, 9.17) is 13.9 Å². The van der Waals surface area contributed by atoms with Crippen molar-refractivity contribution < 1.29 is 18.7 Å². The summed E-state index contributed by atoms with van der Waals surface area (Å²) in [5.74, 6) is 1.99. The molecule has 136 valence electrons. The molecule has 3 aromatic rings. The lowest BCUT2D eigenvalue weighted by Gasteiger charge is -2.10. The molecule has 0 aliphatic heterocycles. The third-order valence-electron chi connectivity index (χ3n) is 3.58. The maximum absolute atomic E-state index is 12.0. The van der Waals surface area contributed by atoms with Crippen LogP contribution >= 0.6 is 11.3 Å². The van der Waals surface area contributed by atoms with Crippen LogP contribution in [0.3, 0.4) is 0 Å². The average Bonchev–Trinajstić information content (AvgIpc) is 3.32. The first kappa shape index (κ1) is 17.8. The fourth-order valence-electron chi connectivity index (χ4n) is 2.30. The van der Waals surface area contributed by atoms with Crippen LogP contribution < -0.4 is 20.1 Å². The molecule has 0 atom stereocenters. The predicted octanol–water partition coefficient (Wildman–Crippen LogP) is 3.36. The van der Waals surface area contributed by atoms with Crippen LogP contribution in [0.2, 0.25) is 0 Å². The molecule has 3 rings (SSSR count). The number of ether oxygens (including phenoxy) is 2. The molecule has 0 aliphatic rings. The fraction of sp³-hybridized carbons (Fsp3) is 0.222. The number of carbonyl (C=O) groups is 1. The van der Waals surface area contributed by atoms with Gasteiger partial charge in [0.05, 0.1) is 44.8 Å². The number of aromatic nitrogens is 1. The standard InChI is InChI=1S/C18H19N3O4S/c1-23-13-5-6-16(24-2)15(9-13)21-18-20-12(11-26-18)8-17(22)19-10-14-4-3-7-25-14/h3-7,9,11H,8,10H2,1-2H3,(H,19,22)(H,20,21). The largest absolute Gasteiger partial charge is 0.497 e. The number of rotatable bonds is 8. The van der Waals surface area contributed by atoms with Crippen molar-refractivity contribution >= 4 is 28.1 Å². The molecular formula is C18H19N3O4S. The van der Waals surface area contributed by atoms with Gasteiger partial charge in [-0.2, -0.15) is 0 Å². The van der Waals surface area contributed by atoms with Crippen LogP contribution in [0.25, 0.3) is 0 Å². The van der Waals surface area contributed by atoms with Gasteiger partial charge in [0.2, 0.25) is 5.91 Å². The number of nitrogens with one attached hydrogen (secondary N) is 2. The van der Waals surface area contributed by atoms with Crippen molar-refractivity contribution in [2.45, 2.75) is 13.0 Å². The van der Waals surface area contributed by atoms with Crippen LogP contribution in [0.15, 0.2) is 46.4 Å². The van der Waals surface area contributed by atoms with Gasteiger partial charge >= 0.3 is 0 Å². The van der Waals surface area contributed by atoms with Crippen molar-refractivity contribution in [1.29, 1.82) is 0 Å². The van der Waals surface area contributed by atoms with E-state index in [9.17, 15) is 4.79 Å². The normalized spacial score (nSPS) is 10.4. The molecule has 0 saturated heterocycles. The van der Waals surface area contributed by atoms with Gasteiger partial charge in [-0.05, 0) is 24.3 Å². The number of thiazole rings is 1. The lowest BCUT2D eigenvalue weighted by atomic mass is 10.2. The zero-order chi connectivity index (χ0) is 18.4. The molecule has 2 heterocycles. The first-order valence-corrected chi connectivity index (χ1v) is 8.78. The number of benzene rings is 1. The highest BCUT2D eigenvalue weighted by Gasteiger charge is 2.11. The molecule has 26 heavy (non-hydrogen) atoms. The molecule has 0 fully saturated rings. The van der Waals surface area contributed by atoms with Gasteiger partial charge in [-0.1, -0.05) is 0 Å². The Morgan fingerprint density at radius 3 is 2.88 bits per heavy atom. The summed E-state index contributed by atoms with van der Waals surface area (Å²) < 4.78 is 15.8. The van der Waals surface area contributed by atoms with E-state index >= 15 is 0 Å². The molecule has 1 amide bonds. The Kier molecular flexibility index (Phi) is 5.75. The highest BCUT2D eigenvalue weighted by molar-refractivity contribution is 7.13. The first-order valence-electron chi connectivity index (χ1n) is 7.90. The monoisotopic (exact) mass is 373 g/mol. The Bertz CT molecular complexity index is 861. The number of nitrogens with zero attached hydrogens (tertiary/aromatic N) is 1. The number of hydrogen-bond donors (Lipinski definition) is 2. The summed E-state index contributed by atoms with van der Waals surface area (Å²) in [5, 5.41) is 8.52. The van der Waals surface area contributed by atoms with Crippen molar-refractivity contribution in [2.75, 3.05) is 19.5 Å². The smallest absolute Gasteiger partial charge is 0.226 e. The molecule has 0 radical (unpaired) electrons. The van der Waals surface area contributed by atoms with E-state index in [0.29, 0.717) is 34.6 Å². The number of carbonyl (C=O) groups excluding carboxylic acids is 1. The zero-order valence-electron chi connectivity index (χ0n) is 14.4. The van der Waals surface area contributed by atoms with Gasteiger partial charge in [-0.15, -0.1) is 11.3 Å². The molecule has 2 aromatic heterocycles. The molecule has 0 aliphatic carbocycles. The van der Waals surface area contributed by atoms with Gasteiger partial charge < -0.3 is 24.5 Å². The zero-order valence-corrected chi connectivity index (χ0v) is 15.3. The van der Waals surface area contributed by atoms with Crippen LogP contribution in [0, 0.1) is 0 Å². The molecule has 0 saturated carbocycles. The van der Waals surface area contributed by atoms with Gasteiger partial charge in [-0.3, -0.25) is 4.79 Å². The number of amides is 1. The van der Waals surface area contributed by atoms with Crippen LogP contribution in [0.4, 0.5) is 10.8 Å². The third-order valence-corrected chi connectivity index (χ3v) is 4.39. The fourth-order valence-corrected chi connectivity index (χ4v) is 3.02. The molecule has 0 bridgehead atoms. The van der Waals surface area contributed by atoms with E-state index in [1.54, 1.807) is 26.5 Å². The van der Waals surface area contributed by atoms with Gasteiger partial charge in [0.25, 0.3) is 0 Å². The second-order valence-corrected chi connectivity index (χ2v) is 6.23. The highest BCUT2D eigenvalue weighted by Crippen LogP contribution is 2.32. The molecular weight excluding hydrogens is 354 g/mol. The van der Waals surface area contributed by atoms with E-state index < -0.39 is 0 Å². The topological polar surface area (TPSA) is 85.6 Å². The van der Waals surface area contributed by atoms with Crippen molar-refractivity contribution in [2.24, 2.45) is 0 Å². The summed E-state index contributed by atoms with van der Waals surface area (Å²) in [6.07, 6.45) is 1.78. The minimum Gasteiger partial charge on any atom is -0.497 e. The highest BCUT2D eigenvalue weighted by atomic mass is 32.1. The SMILES string of the molecule is COc1ccc(OC)c(Nc2nc(CC(=O)NCc3ccco3)cs2)c1. The van der Waals surface area contributed by atoms with Crippen LogP contribution in [0.1, 0.15) is 11.5 Å². The third kappa shape index (κ3) is 4.54. The summed E-state index contributed by atoms with van der Waals surface area (Å²) in [6, 6.07) is 9.06. The molecule has 0 spiro atoms. The first-order chi connectivity index (χ1) is 12.7. The Labute approximate surface area is 155 Å². The average molecular weight is 373 g/mol. The maximum Gasteiger partial charge on any atom is 0.226 e. The van der Waals surface area contributed by atoms with Crippen molar-refractivity contribution in [3.05, 3.63) is 53.4 Å². The van der Waals surface area contributed by atoms with E-state index in [1.807, 2.05) is 29.6 Å². The van der Waals surface area contributed by atoms with Crippen LogP contribution in [-0.4, -0.2) is 25.1 Å². The number of methoxy groups -OCH3 is 2. The Hall–Kier alpha value is -3.00. The number of anilines is 2. The summed E-state index contributed by atoms with van der Waals surface area (Å²) in [5.41, 5.74) is 1.44. The predicted molar refractivity (Wildman–Crippen MR) is 99.2 cm³/mol. The minimum atomic E-state index is -0.114. The van der Waals surface area contributed by atoms with Crippen molar-refractivity contribution in [3.63, 3.8) is 0 Å². The van der Waals surface area contributed by atoms with Crippen LogP contribution in [0.5, 0.6) is 11.5 Å². The molecule has 2 N–H and O–H groups in total. The van der Waals surface area contributed by atoms with E-state index in [2.05, 4.69) is 15.6 Å². The Morgan fingerprint density at radius 1 is 1.27 bits per heavy atom.